The van der Waals surface area contributed by atoms with Crippen molar-refractivity contribution in [3.8, 4) is 0 Å². The van der Waals surface area contributed by atoms with Gasteiger partial charge in [0.2, 0.25) is 15.8 Å². The third kappa shape index (κ3) is 3.20. The molecule has 0 unspecified atom stereocenters. The molecular weight excluding hydrogens is 382 g/mol. The fraction of sp³-hybridized carbons (Fsp3) is 0.250. The van der Waals surface area contributed by atoms with Crippen LogP contribution in [0.2, 0.25) is 0 Å². The van der Waals surface area contributed by atoms with Crippen molar-refractivity contribution in [3.63, 3.8) is 0 Å². The van der Waals surface area contributed by atoms with E-state index in [1.807, 2.05) is 18.4 Å². The quantitative estimate of drug-likeness (QED) is 0.843. The first-order chi connectivity index (χ1) is 9.73. The van der Waals surface area contributed by atoms with Crippen molar-refractivity contribution in [1.29, 1.82) is 0 Å². The summed E-state index contributed by atoms with van der Waals surface area (Å²) < 4.78 is 30.9. The van der Waals surface area contributed by atoms with Gasteiger partial charge in [-0.1, -0.05) is 0 Å². The van der Waals surface area contributed by atoms with Crippen LogP contribution >= 0.6 is 27.3 Å². The zero-order chi connectivity index (χ0) is 15.8. The van der Waals surface area contributed by atoms with Crippen LogP contribution < -0.4 is 0 Å². The Bertz CT molecular complexity index is 777. The summed E-state index contributed by atoms with van der Waals surface area (Å²) in [7, 11) is -2.40. The van der Waals surface area contributed by atoms with Gasteiger partial charge in [0.1, 0.15) is 4.90 Å². The van der Waals surface area contributed by atoms with Crippen LogP contribution in [0.1, 0.15) is 21.0 Å². The first kappa shape index (κ1) is 16.2. The molecule has 0 fully saturated rings. The van der Waals surface area contributed by atoms with Crippen molar-refractivity contribution in [3.05, 3.63) is 38.4 Å². The van der Waals surface area contributed by atoms with E-state index in [1.165, 1.54) is 18.4 Å². The summed E-state index contributed by atoms with van der Waals surface area (Å²) >= 11 is 4.42. The van der Waals surface area contributed by atoms with E-state index in [4.69, 9.17) is 9.52 Å². The molecule has 6 nitrogen and oxygen atoms in total. The van der Waals surface area contributed by atoms with Crippen LogP contribution in [0.15, 0.2) is 31.5 Å². The maximum Gasteiger partial charge on any atom is 0.371 e. The Morgan fingerprint density at radius 1 is 1.52 bits per heavy atom. The molecule has 2 heterocycles. The fourth-order valence-electron chi connectivity index (χ4n) is 1.65. The maximum absolute atomic E-state index is 12.5. The topological polar surface area (TPSA) is 87.8 Å². The van der Waals surface area contributed by atoms with Crippen molar-refractivity contribution < 1.29 is 22.7 Å². The summed E-state index contributed by atoms with van der Waals surface area (Å²) in [6.45, 7) is 2.12. The van der Waals surface area contributed by atoms with Crippen LogP contribution in [-0.4, -0.2) is 30.8 Å². The molecule has 1 N–H and O–H groups in total. The number of aromatic carboxylic acids is 1. The molecule has 114 valence electrons. The number of rotatable bonds is 5. The van der Waals surface area contributed by atoms with Gasteiger partial charge in [-0.25, -0.2) is 13.2 Å². The number of carboxylic acid groups (broad SMARTS) is 1. The smallest absolute Gasteiger partial charge is 0.371 e. The molecule has 2 rings (SSSR count). The number of carboxylic acids is 1. The van der Waals surface area contributed by atoms with Gasteiger partial charge in [0.05, 0.1) is 0 Å². The molecule has 0 atom stereocenters. The van der Waals surface area contributed by atoms with Gasteiger partial charge in [-0.15, -0.1) is 11.3 Å². The van der Waals surface area contributed by atoms with E-state index in [0.717, 1.165) is 20.8 Å². The highest BCUT2D eigenvalue weighted by Gasteiger charge is 2.29. The lowest BCUT2D eigenvalue weighted by Crippen LogP contribution is -2.26. The maximum atomic E-state index is 12.5. The van der Waals surface area contributed by atoms with Crippen LogP contribution in [-0.2, 0) is 16.6 Å². The average Bonchev–Trinajstić information content (AvgIpc) is 2.96. The molecule has 0 aliphatic carbocycles. The minimum Gasteiger partial charge on any atom is -0.475 e. The molecule has 21 heavy (non-hydrogen) atoms. The fourth-order valence-corrected chi connectivity index (χ4v) is 4.73. The summed E-state index contributed by atoms with van der Waals surface area (Å²) in [5.74, 6) is -1.75. The van der Waals surface area contributed by atoms with Gasteiger partial charge >= 0.3 is 5.97 Å². The first-order valence-electron chi connectivity index (χ1n) is 5.75. The van der Waals surface area contributed by atoms with Crippen LogP contribution in [0.25, 0.3) is 0 Å². The Kier molecular flexibility index (Phi) is 4.57. The molecule has 2 aromatic rings. The lowest BCUT2D eigenvalue weighted by molar-refractivity contribution is 0.0661. The molecule has 0 saturated heterocycles. The normalized spacial score (nSPS) is 12.0. The van der Waals surface area contributed by atoms with Crippen LogP contribution in [0.3, 0.4) is 0 Å². The number of furan rings is 1. The van der Waals surface area contributed by atoms with Crippen molar-refractivity contribution in [2.75, 3.05) is 7.05 Å². The van der Waals surface area contributed by atoms with E-state index in [1.54, 1.807) is 0 Å². The Balaban J connectivity index is 2.33. The second-order valence-corrected chi connectivity index (χ2v) is 8.08. The number of sulfonamides is 1. The molecule has 0 aliphatic heterocycles. The number of thiophene rings is 1. The van der Waals surface area contributed by atoms with Gasteiger partial charge < -0.3 is 9.52 Å². The summed E-state index contributed by atoms with van der Waals surface area (Å²) in [5, 5.41) is 10.7. The number of hydrogen-bond acceptors (Lipinski definition) is 5. The van der Waals surface area contributed by atoms with E-state index in [9.17, 15) is 13.2 Å². The molecule has 0 bridgehead atoms. The van der Waals surface area contributed by atoms with Gasteiger partial charge in [0.15, 0.2) is 4.67 Å². The Morgan fingerprint density at radius 3 is 2.67 bits per heavy atom. The second-order valence-electron chi connectivity index (χ2n) is 4.34. The van der Waals surface area contributed by atoms with E-state index < -0.39 is 21.8 Å². The SMILES string of the molecule is Cc1ccsc1CN(C)S(=O)(=O)c1cc(C(=O)O)oc1Br. The lowest BCUT2D eigenvalue weighted by atomic mass is 10.3. The summed E-state index contributed by atoms with van der Waals surface area (Å²) in [5.41, 5.74) is 1.01. The third-order valence-corrected chi connectivity index (χ3v) is 6.56. The van der Waals surface area contributed by atoms with E-state index >= 15 is 0 Å². The van der Waals surface area contributed by atoms with E-state index in [2.05, 4.69) is 15.9 Å². The average molecular weight is 394 g/mol. The van der Waals surface area contributed by atoms with Crippen molar-refractivity contribution in [2.24, 2.45) is 0 Å². The predicted molar refractivity (Wildman–Crippen MR) is 81.1 cm³/mol. The number of halogens is 1. The van der Waals surface area contributed by atoms with E-state index in [-0.39, 0.29) is 16.1 Å². The summed E-state index contributed by atoms with van der Waals surface area (Å²) in [6, 6.07) is 2.91. The van der Waals surface area contributed by atoms with E-state index in [0.29, 0.717) is 0 Å². The Hall–Kier alpha value is -1.16. The Morgan fingerprint density at radius 2 is 2.19 bits per heavy atom. The second kappa shape index (κ2) is 5.91. The van der Waals surface area contributed by atoms with Gasteiger partial charge in [-0.3, -0.25) is 0 Å². The predicted octanol–water partition coefficient (Wildman–Crippen LogP) is 2.93. The number of carbonyl (C=O) groups is 1. The standard InChI is InChI=1S/C12H12BrNO5S2/c1-7-3-4-20-9(7)6-14(2)21(17,18)10-5-8(12(15)16)19-11(10)13/h3-5H,6H2,1-2H3,(H,15,16). The number of hydrogen-bond donors (Lipinski definition) is 1. The monoisotopic (exact) mass is 393 g/mol. The van der Waals surface area contributed by atoms with Crippen molar-refractivity contribution >= 4 is 43.3 Å². The van der Waals surface area contributed by atoms with Gasteiger partial charge in [0, 0.05) is 24.5 Å². The lowest BCUT2D eigenvalue weighted by Gasteiger charge is -2.15. The zero-order valence-corrected chi connectivity index (χ0v) is 14.4. The highest BCUT2D eigenvalue weighted by Crippen LogP contribution is 2.29. The largest absolute Gasteiger partial charge is 0.475 e. The van der Waals surface area contributed by atoms with Crippen molar-refractivity contribution in [1.82, 2.24) is 4.31 Å². The molecule has 0 saturated carbocycles. The third-order valence-electron chi connectivity index (χ3n) is 2.89. The molecule has 0 aliphatic rings. The molecule has 0 aromatic carbocycles. The first-order valence-corrected chi connectivity index (χ1v) is 8.86. The molecule has 9 heteroatoms. The van der Waals surface area contributed by atoms with Gasteiger partial charge in [0.25, 0.3) is 0 Å². The van der Waals surface area contributed by atoms with Crippen LogP contribution in [0, 0.1) is 6.92 Å². The summed E-state index contributed by atoms with van der Waals surface area (Å²) in [4.78, 5) is 11.6. The molecule has 2 aromatic heterocycles. The summed E-state index contributed by atoms with van der Waals surface area (Å²) in [6.07, 6.45) is 0. The molecule has 0 radical (unpaired) electrons. The van der Waals surface area contributed by atoms with Crippen molar-refractivity contribution in [2.45, 2.75) is 18.4 Å². The minimum absolute atomic E-state index is 0.116. The van der Waals surface area contributed by atoms with Gasteiger partial charge in [-0.05, 0) is 39.9 Å². The zero-order valence-electron chi connectivity index (χ0n) is 11.2. The van der Waals surface area contributed by atoms with Gasteiger partial charge in [-0.2, -0.15) is 4.31 Å². The van der Waals surface area contributed by atoms with Crippen LogP contribution in [0.5, 0.6) is 0 Å². The Labute approximate surface area is 134 Å². The molecule has 0 spiro atoms. The highest BCUT2D eigenvalue weighted by molar-refractivity contribution is 9.10. The minimum atomic E-state index is -3.84. The highest BCUT2D eigenvalue weighted by atomic mass is 79.9. The molecular formula is C12H12BrNO5S2. The van der Waals surface area contributed by atoms with Crippen LogP contribution in [0.4, 0.5) is 0 Å². The number of aryl methyl sites for hydroxylation is 1. The number of nitrogens with zero attached hydrogens (tertiary/aromatic N) is 1. The molecule has 0 amide bonds.